The van der Waals surface area contributed by atoms with Crippen LogP contribution in [0.15, 0.2) is 27.3 Å². The first-order chi connectivity index (χ1) is 5.36. The predicted molar refractivity (Wildman–Crippen MR) is 36.4 cm³/mol. The highest BCUT2D eigenvalue weighted by molar-refractivity contribution is 5.44. The Bertz CT molecular complexity index is 338. The van der Waals surface area contributed by atoms with Gasteiger partial charge in [-0.1, -0.05) is 0 Å². The monoisotopic (exact) mass is 151 g/mol. The van der Waals surface area contributed by atoms with E-state index >= 15 is 0 Å². The van der Waals surface area contributed by atoms with Gasteiger partial charge in [0.2, 0.25) is 0 Å². The third kappa shape index (κ3) is 0.958. The summed E-state index contributed by atoms with van der Waals surface area (Å²) >= 11 is 0. The van der Waals surface area contributed by atoms with E-state index in [1.54, 1.807) is 12.1 Å². The van der Waals surface area contributed by atoms with Gasteiger partial charge in [0.25, 0.3) is 11.8 Å². The fraction of sp³-hybridized carbons (Fsp3) is 0. The zero-order valence-corrected chi connectivity index (χ0v) is 5.52. The number of hydrogen-bond donors (Lipinski definition) is 1. The smallest absolute Gasteiger partial charge is 0.295 e. The minimum atomic E-state index is 0.108. The quantitative estimate of drug-likeness (QED) is 0.655. The third-order valence-electron chi connectivity index (χ3n) is 1.17. The van der Waals surface area contributed by atoms with E-state index < -0.39 is 0 Å². The van der Waals surface area contributed by atoms with Gasteiger partial charge < -0.3 is 14.7 Å². The Hall–Kier alpha value is -1.78. The summed E-state index contributed by atoms with van der Waals surface area (Å²) in [7, 11) is 0. The van der Waals surface area contributed by atoms with E-state index in [1.165, 1.54) is 6.26 Å². The van der Waals surface area contributed by atoms with Crippen molar-refractivity contribution in [2.45, 2.75) is 0 Å². The molecule has 0 bridgehead atoms. The highest BCUT2D eigenvalue weighted by Gasteiger charge is 2.07. The van der Waals surface area contributed by atoms with Crippen molar-refractivity contribution in [2.75, 3.05) is 5.73 Å². The Labute approximate surface area is 61.8 Å². The maximum Gasteiger partial charge on any atom is 0.295 e. The molecule has 0 aliphatic heterocycles. The summed E-state index contributed by atoms with van der Waals surface area (Å²) in [5, 5.41) is 3.40. The minimum Gasteiger partial charge on any atom is -0.459 e. The Balaban J connectivity index is 2.45. The Morgan fingerprint density at radius 2 is 2.36 bits per heavy atom. The Kier molecular flexibility index (Phi) is 1.15. The molecule has 0 aromatic carbocycles. The lowest BCUT2D eigenvalue weighted by atomic mass is 10.4. The van der Waals surface area contributed by atoms with Crippen LogP contribution in [0.3, 0.4) is 0 Å². The molecule has 0 unspecified atom stereocenters. The number of nitrogen functional groups attached to an aromatic ring is 1. The molecule has 0 saturated carbocycles. The molecular weight excluding hydrogens is 146 g/mol. The summed E-state index contributed by atoms with van der Waals surface area (Å²) in [6.45, 7) is 0. The van der Waals surface area contributed by atoms with Crippen molar-refractivity contribution >= 4 is 5.95 Å². The fourth-order valence-corrected chi connectivity index (χ4v) is 0.735. The van der Waals surface area contributed by atoms with Gasteiger partial charge in [-0.2, -0.15) is 4.98 Å². The van der Waals surface area contributed by atoms with Crippen LogP contribution in [0.1, 0.15) is 0 Å². The molecule has 0 atom stereocenters. The minimum absolute atomic E-state index is 0.108. The third-order valence-corrected chi connectivity index (χ3v) is 1.17. The normalized spacial score (nSPS) is 10.2. The second-order valence-electron chi connectivity index (χ2n) is 1.94. The van der Waals surface area contributed by atoms with Gasteiger partial charge >= 0.3 is 0 Å². The van der Waals surface area contributed by atoms with Crippen LogP contribution in [-0.2, 0) is 0 Å². The number of rotatable bonds is 1. The molecular formula is C6H5N3O2. The maximum absolute atomic E-state index is 5.23. The summed E-state index contributed by atoms with van der Waals surface area (Å²) in [5.74, 6) is 0.929. The molecule has 0 aliphatic rings. The molecule has 2 aromatic heterocycles. The molecule has 2 rings (SSSR count). The first kappa shape index (κ1) is 5.96. The van der Waals surface area contributed by atoms with Crippen molar-refractivity contribution in [3.63, 3.8) is 0 Å². The molecule has 0 radical (unpaired) electrons. The maximum atomic E-state index is 5.23. The molecule has 2 N–H and O–H groups in total. The average Bonchev–Trinajstić information content (AvgIpc) is 2.55. The van der Waals surface area contributed by atoms with Crippen molar-refractivity contribution in [3.8, 4) is 11.7 Å². The van der Waals surface area contributed by atoms with Crippen LogP contribution in [0, 0.1) is 0 Å². The summed E-state index contributed by atoms with van der Waals surface area (Å²) in [6.07, 6.45) is 1.52. The zero-order chi connectivity index (χ0) is 7.68. The molecule has 0 fully saturated rings. The lowest BCUT2D eigenvalue weighted by Crippen LogP contribution is -1.84. The first-order valence-electron chi connectivity index (χ1n) is 2.99. The van der Waals surface area contributed by atoms with Gasteiger partial charge in [0.1, 0.15) is 0 Å². The van der Waals surface area contributed by atoms with Crippen molar-refractivity contribution in [1.29, 1.82) is 0 Å². The largest absolute Gasteiger partial charge is 0.459 e. The van der Waals surface area contributed by atoms with E-state index in [1.807, 2.05) is 0 Å². The van der Waals surface area contributed by atoms with Gasteiger partial charge in [0.15, 0.2) is 5.76 Å². The number of aromatic nitrogens is 2. The van der Waals surface area contributed by atoms with E-state index in [4.69, 9.17) is 14.7 Å². The second-order valence-corrected chi connectivity index (χ2v) is 1.94. The molecule has 0 amide bonds. The SMILES string of the molecule is Nc1noc(-c2ccco2)n1. The van der Waals surface area contributed by atoms with Gasteiger partial charge in [0, 0.05) is 0 Å². The Morgan fingerprint density at radius 1 is 1.45 bits per heavy atom. The number of nitrogens with zero attached hydrogens (tertiary/aromatic N) is 2. The van der Waals surface area contributed by atoms with Crippen LogP contribution in [0.4, 0.5) is 5.95 Å². The highest BCUT2D eigenvalue weighted by atomic mass is 16.5. The van der Waals surface area contributed by atoms with Gasteiger partial charge in [-0.25, -0.2) is 0 Å². The first-order valence-corrected chi connectivity index (χ1v) is 2.99. The molecule has 56 valence electrons. The molecule has 0 saturated heterocycles. The molecule has 0 aliphatic carbocycles. The van der Waals surface area contributed by atoms with Crippen LogP contribution in [0.2, 0.25) is 0 Å². The topological polar surface area (TPSA) is 78.1 Å². The van der Waals surface area contributed by atoms with Gasteiger partial charge in [-0.15, -0.1) is 0 Å². The molecule has 11 heavy (non-hydrogen) atoms. The summed E-state index contributed by atoms with van der Waals surface area (Å²) in [4.78, 5) is 3.76. The van der Waals surface area contributed by atoms with Gasteiger partial charge in [0.05, 0.1) is 6.26 Å². The van der Waals surface area contributed by atoms with Crippen molar-refractivity contribution in [1.82, 2.24) is 10.1 Å². The lowest BCUT2D eigenvalue weighted by Gasteiger charge is -1.81. The molecule has 2 aromatic rings. The van der Waals surface area contributed by atoms with E-state index in [2.05, 4.69) is 10.1 Å². The van der Waals surface area contributed by atoms with Gasteiger partial charge in [-0.3, -0.25) is 0 Å². The second kappa shape index (κ2) is 2.12. The summed E-state index contributed by atoms with van der Waals surface area (Å²) < 4.78 is 9.71. The van der Waals surface area contributed by atoms with Crippen LogP contribution >= 0.6 is 0 Å². The van der Waals surface area contributed by atoms with E-state index in [0.29, 0.717) is 11.7 Å². The summed E-state index contributed by atoms with van der Waals surface area (Å²) in [6, 6.07) is 3.45. The summed E-state index contributed by atoms with van der Waals surface area (Å²) in [5.41, 5.74) is 5.23. The van der Waals surface area contributed by atoms with Gasteiger partial charge in [-0.05, 0) is 17.3 Å². The number of nitrogens with two attached hydrogens (primary N) is 1. The van der Waals surface area contributed by atoms with Crippen molar-refractivity contribution in [2.24, 2.45) is 0 Å². The zero-order valence-electron chi connectivity index (χ0n) is 5.52. The van der Waals surface area contributed by atoms with E-state index in [9.17, 15) is 0 Å². The fourth-order valence-electron chi connectivity index (χ4n) is 0.735. The van der Waals surface area contributed by atoms with Crippen LogP contribution in [0.5, 0.6) is 0 Å². The van der Waals surface area contributed by atoms with Crippen LogP contribution in [-0.4, -0.2) is 10.1 Å². The number of furan rings is 1. The average molecular weight is 151 g/mol. The Morgan fingerprint density at radius 3 is 2.91 bits per heavy atom. The highest BCUT2D eigenvalue weighted by Crippen LogP contribution is 2.16. The molecule has 5 nitrogen and oxygen atoms in total. The van der Waals surface area contributed by atoms with E-state index in [-0.39, 0.29) is 5.95 Å². The van der Waals surface area contributed by atoms with Crippen LogP contribution < -0.4 is 5.73 Å². The van der Waals surface area contributed by atoms with E-state index in [0.717, 1.165) is 0 Å². The van der Waals surface area contributed by atoms with Crippen molar-refractivity contribution < 1.29 is 8.94 Å². The lowest BCUT2D eigenvalue weighted by molar-refractivity contribution is 0.417. The molecule has 0 spiro atoms. The van der Waals surface area contributed by atoms with Crippen LogP contribution in [0.25, 0.3) is 11.7 Å². The molecule has 5 heteroatoms. The molecule has 2 heterocycles. The number of hydrogen-bond acceptors (Lipinski definition) is 5. The number of anilines is 1. The standard InChI is InChI=1S/C6H5N3O2/c7-6-8-5(11-9-6)4-2-1-3-10-4/h1-3H,(H2,7,9). The predicted octanol–water partition coefficient (Wildman–Crippen LogP) is 0.912. The van der Waals surface area contributed by atoms with Crippen molar-refractivity contribution in [3.05, 3.63) is 18.4 Å².